The zero-order chi connectivity index (χ0) is 19.8. The van der Waals surface area contributed by atoms with Crippen LogP contribution in [0.3, 0.4) is 0 Å². The van der Waals surface area contributed by atoms with Crippen LogP contribution in [0.4, 0.5) is 0 Å². The van der Waals surface area contributed by atoms with Gasteiger partial charge in [0.1, 0.15) is 5.75 Å². The van der Waals surface area contributed by atoms with Crippen molar-refractivity contribution >= 4 is 40.7 Å². The molecule has 1 aliphatic rings. The number of likely N-dealkylation sites (N-methyl/N-ethyl adjacent to an activating group) is 2. The number of rotatable bonds is 7. The number of nitrogens with zero attached hydrogens (tertiary/aromatic N) is 3. The van der Waals surface area contributed by atoms with Crippen molar-refractivity contribution in [3.8, 4) is 5.75 Å². The van der Waals surface area contributed by atoms with Crippen LogP contribution < -0.4 is 15.4 Å². The topological polar surface area (TPSA) is 52.1 Å². The van der Waals surface area contributed by atoms with Crippen molar-refractivity contribution in [2.75, 3.05) is 60.5 Å². The number of aliphatic imine (C=N–C) groups is 1. The number of benzene rings is 2. The van der Waals surface area contributed by atoms with Gasteiger partial charge >= 0.3 is 0 Å². The molecule has 1 fully saturated rings. The number of halogens is 1. The average molecular weight is 511 g/mol. The molecule has 0 spiro atoms. The van der Waals surface area contributed by atoms with Crippen LogP contribution in [0.5, 0.6) is 5.75 Å². The van der Waals surface area contributed by atoms with E-state index in [1.807, 2.05) is 13.1 Å². The van der Waals surface area contributed by atoms with Gasteiger partial charge in [0.15, 0.2) is 5.96 Å². The van der Waals surface area contributed by atoms with Gasteiger partial charge in [-0.25, -0.2) is 0 Å². The largest absolute Gasteiger partial charge is 0.494 e. The van der Waals surface area contributed by atoms with E-state index >= 15 is 0 Å². The number of hydrogen-bond donors (Lipinski definition) is 2. The molecule has 1 atom stereocenters. The van der Waals surface area contributed by atoms with E-state index in [0.29, 0.717) is 12.6 Å². The summed E-state index contributed by atoms with van der Waals surface area (Å²) >= 11 is 0. The van der Waals surface area contributed by atoms with Gasteiger partial charge in [-0.1, -0.05) is 30.3 Å². The van der Waals surface area contributed by atoms with Gasteiger partial charge < -0.3 is 20.3 Å². The predicted molar refractivity (Wildman–Crippen MR) is 133 cm³/mol. The maximum atomic E-state index is 5.90. The van der Waals surface area contributed by atoms with Gasteiger partial charge in [-0.15, -0.1) is 24.0 Å². The van der Waals surface area contributed by atoms with Crippen LogP contribution >= 0.6 is 24.0 Å². The molecule has 7 heteroatoms. The summed E-state index contributed by atoms with van der Waals surface area (Å²) in [4.78, 5) is 9.12. The molecule has 0 bridgehead atoms. The normalized spacial score (nSPS) is 18.3. The van der Waals surface area contributed by atoms with Crippen molar-refractivity contribution in [1.29, 1.82) is 0 Å². The predicted octanol–water partition coefficient (Wildman–Crippen LogP) is 2.64. The molecule has 29 heavy (non-hydrogen) atoms. The molecule has 2 aromatic carbocycles. The zero-order valence-corrected chi connectivity index (χ0v) is 20.1. The number of ether oxygens (including phenoxy) is 1. The Morgan fingerprint density at radius 3 is 2.69 bits per heavy atom. The highest BCUT2D eigenvalue weighted by Gasteiger charge is 2.21. The quantitative estimate of drug-likeness (QED) is 0.259. The fraction of sp³-hybridized carbons (Fsp3) is 0.500. The number of fused-ring (bicyclic) bond motifs is 1. The van der Waals surface area contributed by atoms with E-state index in [2.05, 4.69) is 75.9 Å². The Morgan fingerprint density at radius 1 is 1.10 bits per heavy atom. The standard InChI is InChI=1S/C22H33N5O.HI/c1-23-22(25-16-20-17-26(2)12-13-27(20)3)24-11-6-14-28-21-10-9-18-7-4-5-8-19(18)15-21;/h4-5,7-10,15,20H,6,11-14,16-17H2,1-3H3,(H2,23,24,25);1H. The Morgan fingerprint density at radius 2 is 1.90 bits per heavy atom. The Kier molecular flexibility index (Phi) is 9.96. The van der Waals surface area contributed by atoms with Crippen LogP contribution in [0.15, 0.2) is 47.5 Å². The lowest BCUT2D eigenvalue weighted by atomic mass is 10.1. The second-order valence-corrected chi connectivity index (χ2v) is 7.49. The first-order valence-electron chi connectivity index (χ1n) is 10.1. The van der Waals surface area contributed by atoms with Crippen molar-refractivity contribution in [2.45, 2.75) is 12.5 Å². The second kappa shape index (κ2) is 12.2. The highest BCUT2D eigenvalue weighted by molar-refractivity contribution is 14.0. The zero-order valence-electron chi connectivity index (χ0n) is 17.7. The van der Waals surface area contributed by atoms with Crippen LogP contribution in [0.2, 0.25) is 0 Å². The SMILES string of the molecule is CN=C(NCCCOc1ccc2ccccc2c1)NCC1CN(C)CCN1C.I. The molecule has 0 aromatic heterocycles. The van der Waals surface area contributed by atoms with Crippen LogP contribution in [0.25, 0.3) is 10.8 Å². The van der Waals surface area contributed by atoms with Crippen LogP contribution in [0, 0.1) is 0 Å². The first kappa shape index (κ1) is 23.7. The van der Waals surface area contributed by atoms with Gasteiger partial charge in [0.25, 0.3) is 0 Å². The van der Waals surface area contributed by atoms with E-state index in [1.165, 1.54) is 10.8 Å². The summed E-state index contributed by atoms with van der Waals surface area (Å²) in [5, 5.41) is 9.27. The van der Waals surface area contributed by atoms with Crippen molar-refractivity contribution in [3.63, 3.8) is 0 Å². The number of guanidine groups is 1. The minimum Gasteiger partial charge on any atom is -0.494 e. The van der Waals surface area contributed by atoms with Crippen molar-refractivity contribution in [1.82, 2.24) is 20.4 Å². The van der Waals surface area contributed by atoms with Crippen molar-refractivity contribution < 1.29 is 4.74 Å². The Hall–Kier alpha value is -1.58. The molecule has 2 N–H and O–H groups in total. The minimum absolute atomic E-state index is 0. The van der Waals surface area contributed by atoms with Gasteiger partial charge in [-0.2, -0.15) is 0 Å². The molecule has 0 aliphatic carbocycles. The maximum absolute atomic E-state index is 5.90. The molecule has 0 radical (unpaired) electrons. The third kappa shape index (κ3) is 7.31. The van der Waals surface area contributed by atoms with Gasteiger partial charge in [-0.05, 0) is 43.4 Å². The van der Waals surface area contributed by atoms with Gasteiger partial charge in [0.05, 0.1) is 6.61 Å². The third-order valence-electron chi connectivity index (χ3n) is 5.31. The van der Waals surface area contributed by atoms with Crippen molar-refractivity contribution in [2.24, 2.45) is 4.99 Å². The molecule has 0 amide bonds. The molecule has 160 valence electrons. The molecule has 0 saturated carbocycles. The lowest BCUT2D eigenvalue weighted by molar-refractivity contribution is 0.116. The van der Waals surface area contributed by atoms with E-state index in [1.54, 1.807) is 0 Å². The summed E-state index contributed by atoms with van der Waals surface area (Å²) in [5.74, 6) is 1.78. The minimum atomic E-state index is 0. The van der Waals surface area contributed by atoms with Crippen LogP contribution in [0.1, 0.15) is 6.42 Å². The highest BCUT2D eigenvalue weighted by atomic mass is 127. The van der Waals surface area contributed by atoms with Gasteiger partial charge in [0.2, 0.25) is 0 Å². The Balaban J connectivity index is 0.00000300. The summed E-state index contributed by atoms with van der Waals surface area (Å²) < 4.78 is 5.90. The molecule has 1 heterocycles. The fourth-order valence-electron chi connectivity index (χ4n) is 3.48. The van der Waals surface area contributed by atoms with E-state index in [9.17, 15) is 0 Å². The third-order valence-corrected chi connectivity index (χ3v) is 5.31. The first-order chi connectivity index (χ1) is 13.7. The van der Waals surface area contributed by atoms with E-state index < -0.39 is 0 Å². The second-order valence-electron chi connectivity index (χ2n) is 7.49. The monoisotopic (exact) mass is 511 g/mol. The summed E-state index contributed by atoms with van der Waals surface area (Å²) in [7, 11) is 6.19. The lowest BCUT2D eigenvalue weighted by Gasteiger charge is -2.37. The highest BCUT2D eigenvalue weighted by Crippen LogP contribution is 2.20. The number of nitrogens with one attached hydrogen (secondary N) is 2. The lowest BCUT2D eigenvalue weighted by Crippen LogP contribution is -2.55. The Labute approximate surface area is 191 Å². The van der Waals surface area contributed by atoms with Crippen LogP contribution in [-0.4, -0.2) is 82.3 Å². The Bertz CT molecular complexity index is 785. The van der Waals surface area contributed by atoms with E-state index in [-0.39, 0.29) is 24.0 Å². The first-order valence-corrected chi connectivity index (χ1v) is 10.1. The summed E-state index contributed by atoms with van der Waals surface area (Å²) in [6, 6.07) is 15.1. The maximum Gasteiger partial charge on any atom is 0.191 e. The molecular weight excluding hydrogens is 477 g/mol. The smallest absolute Gasteiger partial charge is 0.191 e. The van der Waals surface area contributed by atoms with Gasteiger partial charge in [-0.3, -0.25) is 9.89 Å². The molecule has 6 nitrogen and oxygen atoms in total. The number of hydrogen-bond acceptors (Lipinski definition) is 4. The number of piperazine rings is 1. The van der Waals surface area contributed by atoms with E-state index in [4.69, 9.17) is 4.74 Å². The fourth-order valence-corrected chi connectivity index (χ4v) is 3.48. The summed E-state index contributed by atoms with van der Waals surface area (Å²) in [6.45, 7) is 5.73. The van der Waals surface area contributed by atoms with Gasteiger partial charge in [0, 0.05) is 45.8 Å². The molecule has 2 aromatic rings. The molecule has 1 saturated heterocycles. The molecule has 1 unspecified atom stereocenters. The average Bonchev–Trinajstić information content (AvgIpc) is 2.72. The van der Waals surface area contributed by atoms with E-state index in [0.717, 1.165) is 50.9 Å². The van der Waals surface area contributed by atoms with Crippen LogP contribution in [-0.2, 0) is 0 Å². The molecule has 1 aliphatic heterocycles. The molecule has 3 rings (SSSR count). The summed E-state index contributed by atoms with van der Waals surface area (Å²) in [5.41, 5.74) is 0. The van der Waals surface area contributed by atoms with Crippen molar-refractivity contribution in [3.05, 3.63) is 42.5 Å². The summed E-state index contributed by atoms with van der Waals surface area (Å²) in [6.07, 6.45) is 0.916. The molecular formula is C22H34IN5O.